The van der Waals surface area contributed by atoms with Crippen LogP contribution in [0.15, 0.2) is 53.4 Å². The highest BCUT2D eigenvalue weighted by molar-refractivity contribution is 7.89. The lowest BCUT2D eigenvalue weighted by molar-refractivity contribution is 0.0623. The standard InChI is InChI=1S/C25H33FN4O3S/c1-20(2)19-27-10-12-29(13-11-27)25(31)21-4-3-5-24(18-21)34(32,33)30-16-14-28(15-17-30)23-8-6-22(26)7-9-23/h3-9,18,20H,10-17,19H2,1-2H3. The SMILES string of the molecule is CC(C)CN1CCN(C(=O)c2cccc(S(=O)(=O)N3CCN(c4ccc(F)cc4)CC3)c2)CC1. The number of anilines is 1. The van der Waals surface area contributed by atoms with Gasteiger partial charge in [0.25, 0.3) is 5.91 Å². The van der Waals surface area contributed by atoms with E-state index in [2.05, 4.69) is 18.7 Å². The third kappa shape index (κ3) is 5.59. The molecule has 2 heterocycles. The van der Waals surface area contributed by atoms with E-state index in [9.17, 15) is 17.6 Å². The number of piperazine rings is 2. The lowest BCUT2D eigenvalue weighted by atomic mass is 10.1. The van der Waals surface area contributed by atoms with Gasteiger partial charge in [0, 0.05) is 70.2 Å². The van der Waals surface area contributed by atoms with E-state index < -0.39 is 10.0 Å². The Morgan fingerprint density at radius 3 is 2.18 bits per heavy atom. The molecule has 0 saturated carbocycles. The van der Waals surface area contributed by atoms with Crippen LogP contribution in [0.3, 0.4) is 0 Å². The summed E-state index contributed by atoms with van der Waals surface area (Å²) in [6.07, 6.45) is 0. The third-order valence-corrected chi connectivity index (χ3v) is 8.33. The van der Waals surface area contributed by atoms with E-state index in [4.69, 9.17) is 0 Å². The lowest BCUT2D eigenvalue weighted by Gasteiger charge is -2.36. The summed E-state index contributed by atoms with van der Waals surface area (Å²) in [6.45, 7) is 10.0. The van der Waals surface area contributed by atoms with E-state index in [0.29, 0.717) is 50.7 Å². The van der Waals surface area contributed by atoms with Crippen molar-refractivity contribution in [2.75, 3.05) is 63.8 Å². The minimum atomic E-state index is -3.72. The number of hydrogen-bond acceptors (Lipinski definition) is 5. The predicted molar refractivity (Wildman–Crippen MR) is 131 cm³/mol. The molecule has 9 heteroatoms. The lowest BCUT2D eigenvalue weighted by Crippen LogP contribution is -2.49. The van der Waals surface area contributed by atoms with Crippen LogP contribution in [0, 0.1) is 11.7 Å². The first kappa shape index (κ1) is 24.6. The quantitative estimate of drug-likeness (QED) is 0.626. The molecule has 2 fully saturated rings. The van der Waals surface area contributed by atoms with E-state index in [1.807, 2.05) is 9.80 Å². The highest BCUT2D eigenvalue weighted by atomic mass is 32.2. The van der Waals surface area contributed by atoms with Crippen LogP contribution in [0.2, 0.25) is 0 Å². The van der Waals surface area contributed by atoms with Crippen LogP contribution >= 0.6 is 0 Å². The summed E-state index contributed by atoms with van der Waals surface area (Å²) in [5, 5.41) is 0. The average molecular weight is 489 g/mol. The van der Waals surface area contributed by atoms with Crippen molar-refractivity contribution in [1.29, 1.82) is 0 Å². The van der Waals surface area contributed by atoms with Crippen LogP contribution in [0.4, 0.5) is 10.1 Å². The van der Waals surface area contributed by atoms with Gasteiger partial charge in [0.1, 0.15) is 5.82 Å². The smallest absolute Gasteiger partial charge is 0.253 e. The second kappa shape index (κ2) is 10.4. The highest BCUT2D eigenvalue weighted by Gasteiger charge is 2.30. The molecular formula is C25H33FN4O3S. The van der Waals surface area contributed by atoms with Crippen LogP contribution in [0.5, 0.6) is 0 Å². The fraction of sp³-hybridized carbons (Fsp3) is 0.480. The monoisotopic (exact) mass is 488 g/mol. The molecule has 2 aromatic rings. The van der Waals surface area contributed by atoms with Crippen LogP contribution < -0.4 is 4.90 Å². The van der Waals surface area contributed by atoms with E-state index in [1.165, 1.54) is 22.5 Å². The van der Waals surface area contributed by atoms with Gasteiger partial charge in [-0.1, -0.05) is 19.9 Å². The Kier molecular flexibility index (Phi) is 7.54. The van der Waals surface area contributed by atoms with Gasteiger partial charge in [-0.3, -0.25) is 9.69 Å². The molecule has 4 rings (SSSR count). The van der Waals surface area contributed by atoms with Crippen molar-refractivity contribution in [3.63, 3.8) is 0 Å². The van der Waals surface area contributed by atoms with Crippen molar-refractivity contribution in [3.8, 4) is 0 Å². The van der Waals surface area contributed by atoms with Crippen molar-refractivity contribution in [3.05, 3.63) is 59.9 Å². The molecule has 2 aliphatic rings. The predicted octanol–water partition coefficient (Wildman–Crippen LogP) is 2.75. The molecular weight excluding hydrogens is 455 g/mol. The fourth-order valence-electron chi connectivity index (χ4n) is 4.61. The Hall–Kier alpha value is -2.49. The molecule has 0 bridgehead atoms. The molecule has 2 aliphatic heterocycles. The summed E-state index contributed by atoms with van der Waals surface area (Å²) in [7, 11) is -3.72. The Morgan fingerprint density at radius 2 is 1.56 bits per heavy atom. The highest BCUT2D eigenvalue weighted by Crippen LogP contribution is 2.23. The number of nitrogens with zero attached hydrogens (tertiary/aromatic N) is 4. The Balaban J connectivity index is 1.40. The van der Waals surface area contributed by atoms with Crippen molar-refractivity contribution in [2.45, 2.75) is 18.7 Å². The molecule has 0 unspecified atom stereocenters. The van der Waals surface area contributed by atoms with Crippen molar-refractivity contribution >= 4 is 21.6 Å². The summed E-state index contributed by atoms with van der Waals surface area (Å²) in [4.78, 5) is 19.4. The van der Waals surface area contributed by atoms with Gasteiger partial charge in [0.15, 0.2) is 0 Å². The van der Waals surface area contributed by atoms with E-state index >= 15 is 0 Å². The first-order valence-corrected chi connectivity index (χ1v) is 13.3. The number of rotatable bonds is 6. The summed E-state index contributed by atoms with van der Waals surface area (Å²) in [5.41, 5.74) is 1.28. The van der Waals surface area contributed by atoms with Gasteiger partial charge in [-0.15, -0.1) is 0 Å². The molecule has 2 saturated heterocycles. The normalized spacial score (nSPS) is 18.5. The molecule has 0 atom stereocenters. The molecule has 2 aromatic carbocycles. The maximum Gasteiger partial charge on any atom is 0.253 e. The molecule has 0 aliphatic carbocycles. The Morgan fingerprint density at radius 1 is 0.912 bits per heavy atom. The van der Waals surface area contributed by atoms with Gasteiger partial charge in [-0.25, -0.2) is 12.8 Å². The molecule has 0 spiro atoms. The number of halogens is 1. The summed E-state index contributed by atoms with van der Waals surface area (Å²) in [6, 6.07) is 12.6. The van der Waals surface area contributed by atoms with Gasteiger partial charge in [0.2, 0.25) is 10.0 Å². The first-order valence-electron chi connectivity index (χ1n) is 11.9. The van der Waals surface area contributed by atoms with Crippen LogP contribution in [0.1, 0.15) is 24.2 Å². The molecule has 0 aromatic heterocycles. The molecule has 34 heavy (non-hydrogen) atoms. The zero-order chi connectivity index (χ0) is 24.3. The maximum atomic E-state index is 13.3. The van der Waals surface area contributed by atoms with Crippen molar-refractivity contribution < 1.29 is 17.6 Å². The number of hydrogen-bond donors (Lipinski definition) is 0. The zero-order valence-electron chi connectivity index (χ0n) is 19.9. The van der Waals surface area contributed by atoms with Crippen LogP contribution in [0.25, 0.3) is 0 Å². The number of carbonyl (C=O) groups excluding carboxylic acids is 1. The third-order valence-electron chi connectivity index (χ3n) is 6.43. The Bertz CT molecular complexity index is 1090. The number of carbonyl (C=O) groups is 1. The molecule has 1 amide bonds. The zero-order valence-corrected chi connectivity index (χ0v) is 20.7. The fourth-order valence-corrected chi connectivity index (χ4v) is 6.08. The van der Waals surface area contributed by atoms with Gasteiger partial charge < -0.3 is 9.80 Å². The van der Waals surface area contributed by atoms with Crippen LogP contribution in [-0.2, 0) is 10.0 Å². The van der Waals surface area contributed by atoms with Crippen molar-refractivity contribution in [1.82, 2.24) is 14.1 Å². The Labute approximate surface area is 201 Å². The minimum absolute atomic E-state index is 0.123. The molecule has 184 valence electrons. The topological polar surface area (TPSA) is 64.2 Å². The van der Waals surface area contributed by atoms with Gasteiger partial charge in [-0.05, 0) is 48.4 Å². The number of sulfonamides is 1. The number of amides is 1. The van der Waals surface area contributed by atoms with E-state index in [0.717, 1.165) is 25.3 Å². The molecule has 0 radical (unpaired) electrons. The average Bonchev–Trinajstić information content (AvgIpc) is 2.84. The van der Waals surface area contributed by atoms with Crippen molar-refractivity contribution in [2.24, 2.45) is 5.92 Å². The maximum absolute atomic E-state index is 13.3. The minimum Gasteiger partial charge on any atom is -0.369 e. The summed E-state index contributed by atoms with van der Waals surface area (Å²) >= 11 is 0. The molecule has 0 N–H and O–H groups in total. The first-order chi connectivity index (χ1) is 16.2. The van der Waals surface area contributed by atoms with Gasteiger partial charge in [0.05, 0.1) is 4.90 Å². The second-order valence-corrected chi connectivity index (χ2v) is 11.3. The second-order valence-electron chi connectivity index (χ2n) is 9.38. The van der Waals surface area contributed by atoms with E-state index in [-0.39, 0.29) is 16.6 Å². The van der Waals surface area contributed by atoms with Crippen LogP contribution in [-0.4, -0.2) is 87.3 Å². The van der Waals surface area contributed by atoms with Gasteiger partial charge in [-0.2, -0.15) is 4.31 Å². The summed E-state index contributed by atoms with van der Waals surface area (Å²) in [5.74, 6) is 0.168. The van der Waals surface area contributed by atoms with E-state index in [1.54, 1.807) is 30.3 Å². The number of benzene rings is 2. The summed E-state index contributed by atoms with van der Waals surface area (Å²) < 4.78 is 41.3. The largest absolute Gasteiger partial charge is 0.369 e. The molecule has 7 nitrogen and oxygen atoms in total. The van der Waals surface area contributed by atoms with Gasteiger partial charge >= 0.3 is 0 Å².